The summed E-state index contributed by atoms with van der Waals surface area (Å²) in [6.07, 6.45) is 9.82. The molecule has 146 valence electrons. The van der Waals surface area contributed by atoms with Crippen molar-refractivity contribution >= 4 is 11.8 Å². The standard InChI is InChI=1S/C21H34N2O3/c1-2-3-4-5-9-16-25-20-12-10-11-19(18-20)22-21(24)26-17-15-23-13-7-6-8-14-23/h10-12,18H,2-9,13-17H2,1H3,(H,22,24)/p+1. The molecule has 0 aliphatic carbocycles. The Kier molecular flexibility index (Phi) is 9.95. The van der Waals surface area contributed by atoms with Crippen LogP contribution in [-0.2, 0) is 4.74 Å². The molecule has 0 radical (unpaired) electrons. The number of aliphatic hydroxyl groups is 1. The molecule has 1 heterocycles. The quantitative estimate of drug-likeness (QED) is 0.360. The second kappa shape index (κ2) is 12.6. The molecule has 5 heteroatoms. The number of nitrogens with one attached hydrogen (secondary N) is 1. The number of benzene rings is 1. The maximum absolute atomic E-state index is 9.94. The first kappa shape index (κ1) is 20.6. The largest absolute Gasteiger partial charge is 0.551 e. The molecule has 1 fully saturated rings. The van der Waals surface area contributed by atoms with Crippen LogP contribution in [0.1, 0.15) is 58.3 Å². The van der Waals surface area contributed by atoms with Crippen LogP contribution in [0.4, 0.5) is 5.69 Å². The molecule has 0 spiro atoms. The highest BCUT2D eigenvalue weighted by atomic mass is 16.6. The molecule has 1 aromatic carbocycles. The van der Waals surface area contributed by atoms with Gasteiger partial charge in [-0.3, -0.25) is 4.90 Å². The lowest BCUT2D eigenvalue weighted by Crippen LogP contribution is -2.67. The summed E-state index contributed by atoms with van der Waals surface area (Å²) in [6.45, 7) is 6.57. The van der Waals surface area contributed by atoms with E-state index in [9.17, 15) is 5.11 Å². The zero-order valence-electron chi connectivity index (χ0n) is 16.2. The molecule has 0 unspecified atom stereocenters. The Morgan fingerprint density at radius 2 is 1.88 bits per heavy atom. The summed E-state index contributed by atoms with van der Waals surface area (Å²) in [6, 6.07) is 7.62. The summed E-state index contributed by atoms with van der Waals surface area (Å²) in [7, 11) is 0. The Morgan fingerprint density at radius 1 is 1.08 bits per heavy atom. The fraction of sp³-hybridized carbons (Fsp3) is 0.667. The van der Waals surface area contributed by atoms with E-state index in [1.54, 1.807) is 0 Å². The van der Waals surface area contributed by atoms with Crippen molar-refractivity contribution in [2.75, 3.05) is 32.8 Å². The Labute approximate surface area is 158 Å². The first-order valence-corrected chi connectivity index (χ1v) is 10.2. The third-order valence-electron chi connectivity index (χ3n) is 4.70. The molecule has 0 amide bonds. The third kappa shape index (κ3) is 8.56. The van der Waals surface area contributed by atoms with Gasteiger partial charge in [0.05, 0.1) is 12.7 Å². The van der Waals surface area contributed by atoms with Crippen LogP contribution in [0, 0.1) is 0 Å². The molecule has 0 aromatic heterocycles. The van der Waals surface area contributed by atoms with Crippen LogP contribution in [0.25, 0.3) is 0 Å². The molecule has 1 aromatic rings. The van der Waals surface area contributed by atoms with E-state index in [1.807, 2.05) is 24.3 Å². The van der Waals surface area contributed by atoms with Gasteiger partial charge in [-0.1, -0.05) is 45.1 Å². The maximum atomic E-state index is 9.94. The number of likely N-dealkylation sites (tertiary alicyclic amines) is 1. The monoisotopic (exact) mass is 363 g/mol. The molecular formula is C21H35N2O3+. The van der Waals surface area contributed by atoms with Crippen LogP contribution in [0.15, 0.2) is 24.3 Å². The fourth-order valence-electron chi connectivity index (χ4n) is 3.17. The van der Waals surface area contributed by atoms with Gasteiger partial charge in [-0.05, 0) is 38.4 Å². The maximum Gasteiger partial charge on any atom is 0.551 e. The predicted octanol–water partition coefficient (Wildman–Crippen LogP) is 3.16. The highest BCUT2D eigenvalue weighted by molar-refractivity contribution is 5.58. The van der Waals surface area contributed by atoms with E-state index in [-0.39, 0.29) is 6.08 Å². The minimum Gasteiger partial charge on any atom is -0.493 e. The SMILES string of the molecule is CCCCCCCOc1cccc([NH+]=C(O)OCCN2CCCCC2)c1. The van der Waals surface area contributed by atoms with Gasteiger partial charge in [-0.2, -0.15) is 0 Å². The number of piperidine rings is 1. The number of aliphatic hydroxyl groups excluding tert-OH is 1. The van der Waals surface area contributed by atoms with Crippen molar-refractivity contribution in [2.24, 2.45) is 0 Å². The number of ether oxygens (including phenoxy) is 2. The van der Waals surface area contributed by atoms with Gasteiger partial charge in [-0.25, -0.2) is 0 Å². The summed E-state index contributed by atoms with van der Waals surface area (Å²) in [5, 5.41) is 9.94. The molecule has 0 atom stereocenters. The van der Waals surface area contributed by atoms with Gasteiger partial charge in [-0.15, -0.1) is 4.99 Å². The Morgan fingerprint density at radius 3 is 2.69 bits per heavy atom. The molecule has 1 saturated heterocycles. The summed E-state index contributed by atoms with van der Waals surface area (Å²) >= 11 is 0. The highest BCUT2D eigenvalue weighted by Gasteiger charge is 2.12. The lowest BCUT2D eigenvalue weighted by Gasteiger charge is -2.25. The number of nitrogens with zero attached hydrogens (tertiary/aromatic N) is 1. The third-order valence-corrected chi connectivity index (χ3v) is 4.70. The minimum absolute atomic E-state index is 0.154. The van der Waals surface area contributed by atoms with Crippen molar-refractivity contribution < 1.29 is 19.6 Å². The smallest absolute Gasteiger partial charge is 0.493 e. The van der Waals surface area contributed by atoms with Gasteiger partial charge >= 0.3 is 6.08 Å². The molecule has 26 heavy (non-hydrogen) atoms. The number of hydrogen-bond donors (Lipinski definition) is 2. The summed E-state index contributed by atoms with van der Waals surface area (Å²) in [4.78, 5) is 5.27. The molecule has 0 saturated carbocycles. The van der Waals surface area contributed by atoms with E-state index in [2.05, 4.69) is 16.8 Å². The van der Waals surface area contributed by atoms with E-state index in [0.717, 1.165) is 44.1 Å². The van der Waals surface area contributed by atoms with E-state index >= 15 is 0 Å². The van der Waals surface area contributed by atoms with Gasteiger partial charge in [0.25, 0.3) is 0 Å². The number of hydrogen-bond acceptors (Lipinski definition) is 3. The normalized spacial score (nSPS) is 15.8. The average Bonchev–Trinajstić information content (AvgIpc) is 2.66. The van der Waals surface area contributed by atoms with E-state index < -0.39 is 0 Å². The second-order valence-corrected chi connectivity index (χ2v) is 6.97. The summed E-state index contributed by atoms with van der Waals surface area (Å²) in [5.41, 5.74) is 0.768. The number of unbranched alkanes of at least 4 members (excludes halogenated alkanes) is 4. The van der Waals surface area contributed by atoms with Gasteiger partial charge in [0, 0.05) is 12.6 Å². The van der Waals surface area contributed by atoms with Gasteiger partial charge < -0.3 is 14.6 Å². The van der Waals surface area contributed by atoms with Crippen LogP contribution in [-0.4, -0.2) is 48.9 Å². The van der Waals surface area contributed by atoms with Crippen molar-refractivity contribution in [2.45, 2.75) is 58.3 Å². The Bertz CT molecular complexity index is 528. The average molecular weight is 364 g/mol. The fourth-order valence-corrected chi connectivity index (χ4v) is 3.17. The van der Waals surface area contributed by atoms with Crippen molar-refractivity contribution in [1.29, 1.82) is 0 Å². The molecule has 5 nitrogen and oxygen atoms in total. The zero-order chi connectivity index (χ0) is 18.5. The molecule has 2 N–H and O–H groups in total. The molecule has 0 bridgehead atoms. The van der Waals surface area contributed by atoms with Crippen LogP contribution >= 0.6 is 0 Å². The van der Waals surface area contributed by atoms with Crippen LogP contribution in [0.3, 0.4) is 0 Å². The van der Waals surface area contributed by atoms with Crippen molar-refractivity contribution in [3.8, 4) is 5.75 Å². The van der Waals surface area contributed by atoms with E-state index in [1.165, 1.54) is 44.9 Å². The van der Waals surface area contributed by atoms with E-state index in [0.29, 0.717) is 6.61 Å². The van der Waals surface area contributed by atoms with Gasteiger partial charge in [0.2, 0.25) is 5.69 Å². The molecule has 2 rings (SSSR count). The summed E-state index contributed by atoms with van der Waals surface area (Å²) in [5.74, 6) is 0.812. The lowest BCUT2D eigenvalue weighted by atomic mass is 10.1. The van der Waals surface area contributed by atoms with Crippen molar-refractivity contribution in [1.82, 2.24) is 4.90 Å². The topological polar surface area (TPSA) is 55.9 Å². The first-order chi connectivity index (χ1) is 12.8. The number of rotatable bonds is 11. The minimum atomic E-state index is -0.154. The molecular weight excluding hydrogens is 328 g/mol. The van der Waals surface area contributed by atoms with E-state index in [4.69, 9.17) is 9.47 Å². The zero-order valence-corrected chi connectivity index (χ0v) is 16.2. The van der Waals surface area contributed by atoms with Gasteiger partial charge in [0.1, 0.15) is 12.4 Å². The van der Waals surface area contributed by atoms with Crippen molar-refractivity contribution in [3.05, 3.63) is 24.3 Å². The molecule has 1 aliphatic heterocycles. The second-order valence-electron chi connectivity index (χ2n) is 6.97. The van der Waals surface area contributed by atoms with Crippen LogP contribution in [0.5, 0.6) is 5.75 Å². The van der Waals surface area contributed by atoms with Crippen LogP contribution < -0.4 is 9.73 Å². The first-order valence-electron chi connectivity index (χ1n) is 10.2. The van der Waals surface area contributed by atoms with Crippen molar-refractivity contribution in [3.63, 3.8) is 0 Å². The summed E-state index contributed by atoms with van der Waals surface area (Å²) < 4.78 is 11.2. The lowest BCUT2D eigenvalue weighted by molar-refractivity contribution is -0.382. The van der Waals surface area contributed by atoms with Gasteiger partial charge in [0.15, 0.2) is 0 Å². The molecule has 1 aliphatic rings. The Hall–Kier alpha value is -1.75. The Balaban J connectivity index is 1.69. The highest BCUT2D eigenvalue weighted by Crippen LogP contribution is 2.14. The van der Waals surface area contributed by atoms with Crippen LogP contribution in [0.2, 0.25) is 0 Å². The predicted molar refractivity (Wildman–Crippen MR) is 105 cm³/mol.